The number of nitrogens with zero attached hydrogens (tertiary/aromatic N) is 1. The number of pyridine rings is 1. The molecule has 0 amide bonds. The lowest BCUT2D eigenvalue weighted by Crippen LogP contribution is -2.27. The number of aromatic nitrogens is 2. The topological polar surface area (TPSA) is 60.9 Å². The molecule has 96 valence electrons. The number of hydrogen-bond acceptors (Lipinski definition) is 3. The third-order valence-electron chi connectivity index (χ3n) is 3.88. The SMILES string of the molecule is OC1CCCC1CNCc1c[nH]c2ncccc12. The van der Waals surface area contributed by atoms with Crippen molar-refractivity contribution in [2.45, 2.75) is 31.9 Å². The highest BCUT2D eigenvalue weighted by atomic mass is 16.3. The largest absolute Gasteiger partial charge is 0.393 e. The highest BCUT2D eigenvalue weighted by Gasteiger charge is 2.24. The summed E-state index contributed by atoms with van der Waals surface area (Å²) in [5.41, 5.74) is 2.18. The van der Waals surface area contributed by atoms with E-state index in [1.54, 1.807) is 6.20 Å². The Bertz CT molecular complexity index is 522. The average Bonchev–Trinajstić information content (AvgIpc) is 2.97. The van der Waals surface area contributed by atoms with E-state index >= 15 is 0 Å². The minimum Gasteiger partial charge on any atom is -0.393 e. The maximum absolute atomic E-state index is 9.76. The molecule has 1 fully saturated rings. The Morgan fingerprint density at radius 3 is 3.22 bits per heavy atom. The first kappa shape index (κ1) is 11.7. The van der Waals surface area contributed by atoms with Crippen LogP contribution in [0.4, 0.5) is 0 Å². The van der Waals surface area contributed by atoms with E-state index in [2.05, 4.69) is 21.4 Å². The molecule has 4 heteroatoms. The molecule has 0 radical (unpaired) electrons. The van der Waals surface area contributed by atoms with Gasteiger partial charge in [0.2, 0.25) is 0 Å². The molecular formula is C14H19N3O. The fraction of sp³-hybridized carbons (Fsp3) is 0.500. The molecule has 3 rings (SSSR count). The van der Waals surface area contributed by atoms with Gasteiger partial charge in [-0.2, -0.15) is 0 Å². The number of aliphatic hydroxyl groups is 1. The van der Waals surface area contributed by atoms with Gasteiger partial charge in [0.15, 0.2) is 0 Å². The number of aliphatic hydroxyl groups excluding tert-OH is 1. The summed E-state index contributed by atoms with van der Waals surface area (Å²) >= 11 is 0. The second-order valence-corrected chi connectivity index (χ2v) is 5.10. The van der Waals surface area contributed by atoms with Gasteiger partial charge in [-0.15, -0.1) is 0 Å². The lowest BCUT2D eigenvalue weighted by atomic mass is 10.1. The van der Waals surface area contributed by atoms with Gasteiger partial charge in [-0.25, -0.2) is 4.98 Å². The summed E-state index contributed by atoms with van der Waals surface area (Å²) < 4.78 is 0. The predicted octanol–water partition coefficient (Wildman–Crippen LogP) is 1.81. The van der Waals surface area contributed by atoms with Gasteiger partial charge in [-0.3, -0.25) is 0 Å². The molecule has 3 N–H and O–H groups in total. The van der Waals surface area contributed by atoms with E-state index in [9.17, 15) is 5.11 Å². The molecule has 2 heterocycles. The minimum atomic E-state index is -0.109. The van der Waals surface area contributed by atoms with Gasteiger partial charge in [0.05, 0.1) is 6.10 Å². The fourth-order valence-electron chi connectivity index (χ4n) is 2.81. The molecule has 1 aliphatic rings. The fourth-order valence-corrected chi connectivity index (χ4v) is 2.81. The summed E-state index contributed by atoms with van der Waals surface area (Å²) in [6, 6.07) is 4.04. The van der Waals surface area contributed by atoms with Crippen LogP contribution in [-0.2, 0) is 6.54 Å². The van der Waals surface area contributed by atoms with E-state index in [1.807, 2.05) is 12.3 Å². The summed E-state index contributed by atoms with van der Waals surface area (Å²) in [7, 11) is 0. The molecule has 18 heavy (non-hydrogen) atoms. The van der Waals surface area contributed by atoms with Crippen molar-refractivity contribution in [3.8, 4) is 0 Å². The van der Waals surface area contributed by atoms with Crippen LogP contribution in [0, 0.1) is 5.92 Å². The van der Waals surface area contributed by atoms with Crippen molar-refractivity contribution in [3.05, 3.63) is 30.1 Å². The van der Waals surface area contributed by atoms with Crippen molar-refractivity contribution in [1.29, 1.82) is 0 Å². The number of fused-ring (bicyclic) bond motifs is 1. The molecule has 4 nitrogen and oxygen atoms in total. The molecule has 2 aromatic heterocycles. The highest BCUT2D eigenvalue weighted by Crippen LogP contribution is 2.24. The maximum Gasteiger partial charge on any atom is 0.137 e. The van der Waals surface area contributed by atoms with E-state index in [0.29, 0.717) is 5.92 Å². The molecule has 2 aromatic rings. The molecule has 0 aliphatic heterocycles. The normalized spacial score (nSPS) is 23.8. The second kappa shape index (κ2) is 5.08. The Morgan fingerprint density at radius 2 is 2.39 bits per heavy atom. The third-order valence-corrected chi connectivity index (χ3v) is 3.88. The van der Waals surface area contributed by atoms with Crippen LogP contribution in [0.15, 0.2) is 24.5 Å². The van der Waals surface area contributed by atoms with Gasteiger partial charge in [0.25, 0.3) is 0 Å². The summed E-state index contributed by atoms with van der Waals surface area (Å²) in [6.45, 7) is 1.73. The number of hydrogen-bond donors (Lipinski definition) is 3. The first-order chi connectivity index (χ1) is 8.84. The molecule has 0 saturated heterocycles. The van der Waals surface area contributed by atoms with Crippen LogP contribution in [0.3, 0.4) is 0 Å². The molecule has 2 atom stereocenters. The second-order valence-electron chi connectivity index (χ2n) is 5.10. The van der Waals surface area contributed by atoms with Crippen LogP contribution in [0.5, 0.6) is 0 Å². The van der Waals surface area contributed by atoms with E-state index in [0.717, 1.165) is 38.0 Å². The molecule has 1 saturated carbocycles. The molecular weight excluding hydrogens is 226 g/mol. The van der Waals surface area contributed by atoms with Gasteiger partial charge in [-0.05, 0) is 36.5 Å². The van der Waals surface area contributed by atoms with Crippen molar-refractivity contribution < 1.29 is 5.11 Å². The van der Waals surface area contributed by atoms with Crippen LogP contribution >= 0.6 is 0 Å². The quantitative estimate of drug-likeness (QED) is 0.770. The Hall–Kier alpha value is -1.39. The van der Waals surface area contributed by atoms with Crippen LogP contribution in [-0.4, -0.2) is 27.7 Å². The lowest BCUT2D eigenvalue weighted by molar-refractivity contribution is 0.131. The van der Waals surface area contributed by atoms with Crippen molar-refractivity contribution in [1.82, 2.24) is 15.3 Å². The third kappa shape index (κ3) is 2.26. The van der Waals surface area contributed by atoms with Gasteiger partial charge in [-0.1, -0.05) is 6.42 Å². The molecule has 1 aliphatic carbocycles. The monoisotopic (exact) mass is 245 g/mol. The zero-order chi connectivity index (χ0) is 12.4. The van der Waals surface area contributed by atoms with Crippen molar-refractivity contribution in [2.75, 3.05) is 6.54 Å². The summed E-state index contributed by atoms with van der Waals surface area (Å²) in [5, 5.41) is 14.4. The number of aromatic amines is 1. The Kier molecular flexibility index (Phi) is 3.30. The number of rotatable bonds is 4. The Labute approximate surface area is 106 Å². The van der Waals surface area contributed by atoms with E-state index in [1.165, 1.54) is 10.9 Å². The van der Waals surface area contributed by atoms with E-state index < -0.39 is 0 Å². The Morgan fingerprint density at radius 1 is 1.44 bits per heavy atom. The number of H-pyrrole nitrogens is 1. The average molecular weight is 245 g/mol. The maximum atomic E-state index is 9.76. The van der Waals surface area contributed by atoms with Gasteiger partial charge < -0.3 is 15.4 Å². The van der Waals surface area contributed by atoms with Crippen LogP contribution < -0.4 is 5.32 Å². The highest BCUT2D eigenvalue weighted by molar-refractivity contribution is 5.79. The zero-order valence-electron chi connectivity index (χ0n) is 10.4. The van der Waals surface area contributed by atoms with E-state index in [4.69, 9.17) is 0 Å². The first-order valence-electron chi connectivity index (χ1n) is 6.64. The van der Waals surface area contributed by atoms with Crippen molar-refractivity contribution >= 4 is 11.0 Å². The Balaban J connectivity index is 1.60. The van der Waals surface area contributed by atoms with Crippen LogP contribution in [0.2, 0.25) is 0 Å². The van der Waals surface area contributed by atoms with Crippen LogP contribution in [0.1, 0.15) is 24.8 Å². The van der Waals surface area contributed by atoms with Crippen molar-refractivity contribution in [2.24, 2.45) is 5.92 Å². The summed E-state index contributed by atoms with van der Waals surface area (Å²) in [4.78, 5) is 7.45. The molecule has 0 aromatic carbocycles. The van der Waals surface area contributed by atoms with E-state index in [-0.39, 0.29) is 6.10 Å². The minimum absolute atomic E-state index is 0.109. The lowest BCUT2D eigenvalue weighted by Gasteiger charge is -2.14. The standard InChI is InChI=1S/C14H19N3O/c18-13-5-1-3-10(13)7-15-8-11-9-17-14-12(11)4-2-6-16-14/h2,4,6,9-10,13,15,18H,1,3,5,7-8H2,(H,16,17). The molecule has 0 bridgehead atoms. The smallest absolute Gasteiger partial charge is 0.137 e. The first-order valence-corrected chi connectivity index (χ1v) is 6.64. The summed E-state index contributed by atoms with van der Waals surface area (Å²) in [6.07, 6.45) is 6.96. The van der Waals surface area contributed by atoms with Gasteiger partial charge in [0.1, 0.15) is 5.65 Å². The van der Waals surface area contributed by atoms with Crippen LogP contribution in [0.25, 0.3) is 11.0 Å². The molecule has 2 unspecified atom stereocenters. The van der Waals surface area contributed by atoms with Gasteiger partial charge >= 0.3 is 0 Å². The van der Waals surface area contributed by atoms with Crippen molar-refractivity contribution in [3.63, 3.8) is 0 Å². The summed E-state index contributed by atoms with van der Waals surface area (Å²) in [5.74, 6) is 0.424. The number of nitrogens with one attached hydrogen (secondary N) is 2. The zero-order valence-corrected chi connectivity index (χ0v) is 10.4. The predicted molar refractivity (Wildman–Crippen MR) is 71.1 cm³/mol. The van der Waals surface area contributed by atoms with Gasteiger partial charge in [0, 0.05) is 30.9 Å². The molecule has 0 spiro atoms.